The van der Waals surface area contributed by atoms with E-state index in [1.165, 1.54) is 315 Å². The van der Waals surface area contributed by atoms with Gasteiger partial charge >= 0.3 is 39.5 Å². The van der Waals surface area contributed by atoms with Crippen molar-refractivity contribution in [2.75, 3.05) is 39.6 Å². The van der Waals surface area contributed by atoms with E-state index in [-0.39, 0.29) is 25.7 Å². The Morgan fingerprint density at radius 3 is 0.613 bits per heavy atom. The fourth-order valence-corrected chi connectivity index (χ4v) is 16.1. The first-order valence-corrected chi connectivity index (χ1v) is 50.5. The standard InChI is InChI=1S/C92H180O17P2/c1-7-9-11-13-15-17-19-21-22-23-24-25-26-27-28-35-40-46-52-58-64-70-76-91(96)109-88(81-103-90(95)75-69-63-57-51-45-39-34-30-29-32-37-42-48-54-60-66-72-84(3)4)83-107-111(100,101)105-79-86(93)78-104-110(98,99)106-82-87(80-102-89(94)74-68-62-56-50-44-20-18-16-14-12-10-8-2)108-92(97)77-71-65-59-53-47-41-36-31-33-38-43-49-55-61-67-73-85(5)6/h84-88,93H,7-83H2,1-6H3,(H,98,99)(H,100,101)/t86-,87+,88+/m0/s1. The van der Waals surface area contributed by atoms with Gasteiger partial charge in [0.25, 0.3) is 0 Å². The number of ether oxygens (including phenoxy) is 4. The summed E-state index contributed by atoms with van der Waals surface area (Å²) in [4.78, 5) is 73.5. The topological polar surface area (TPSA) is 237 Å². The maximum atomic E-state index is 13.2. The minimum Gasteiger partial charge on any atom is -0.462 e. The van der Waals surface area contributed by atoms with E-state index in [9.17, 15) is 43.2 Å². The molecule has 0 aromatic rings. The summed E-state index contributed by atoms with van der Waals surface area (Å²) in [7, 11) is -9.94. The number of hydrogen-bond acceptors (Lipinski definition) is 15. The van der Waals surface area contributed by atoms with Gasteiger partial charge in [-0.15, -0.1) is 0 Å². The van der Waals surface area contributed by atoms with E-state index >= 15 is 0 Å². The number of rotatable bonds is 91. The van der Waals surface area contributed by atoms with Crippen molar-refractivity contribution in [2.24, 2.45) is 11.8 Å². The number of carbonyl (C=O) groups is 4. The number of carbonyl (C=O) groups excluding carboxylic acids is 4. The Morgan fingerprint density at radius 1 is 0.243 bits per heavy atom. The molecule has 2 unspecified atom stereocenters. The number of phosphoric ester groups is 2. The molecule has 0 aliphatic carbocycles. The normalized spacial score (nSPS) is 13.7. The first-order valence-electron chi connectivity index (χ1n) is 47.5. The highest BCUT2D eigenvalue weighted by atomic mass is 31.2. The van der Waals surface area contributed by atoms with Crippen LogP contribution < -0.4 is 0 Å². The smallest absolute Gasteiger partial charge is 0.462 e. The molecule has 0 bridgehead atoms. The monoisotopic (exact) mass is 1620 g/mol. The van der Waals surface area contributed by atoms with Gasteiger partial charge < -0.3 is 33.8 Å². The Hall–Kier alpha value is -1.94. The predicted molar refractivity (Wildman–Crippen MR) is 460 cm³/mol. The van der Waals surface area contributed by atoms with Crippen LogP contribution in [0.5, 0.6) is 0 Å². The summed E-state index contributed by atoms with van der Waals surface area (Å²) in [5.74, 6) is -0.478. The number of unbranched alkanes of at least 4 members (excludes halogenated alkanes) is 61. The molecule has 0 fully saturated rings. The lowest BCUT2D eigenvalue weighted by atomic mass is 10.0. The summed E-state index contributed by atoms with van der Waals surface area (Å²) in [6, 6.07) is 0. The third-order valence-electron chi connectivity index (χ3n) is 21.7. The summed E-state index contributed by atoms with van der Waals surface area (Å²) >= 11 is 0. The Kier molecular flexibility index (Phi) is 81.7. The summed E-state index contributed by atoms with van der Waals surface area (Å²) in [6.07, 6.45) is 77.8. The van der Waals surface area contributed by atoms with E-state index in [0.29, 0.717) is 25.7 Å². The van der Waals surface area contributed by atoms with Crippen LogP contribution in [-0.4, -0.2) is 96.7 Å². The molecule has 17 nitrogen and oxygen atoms in total. The Bertz CT molecular complexity index is 2120. The summed E-state index contributed by atoms with van der Waals surface area (Å²) in [5.41, 5.74) is 0. The second-order valence-electron chi connectivity index (χ2n) is 34.0. The fraction of sp³-hybridized carbons (Fsp3) is 0.957. The molecule has 5 atom stereocenters. The van der Waals surface area contributed by atoms with Gasteiger partial charge in [-0.3, -0.25) is 37.3 Å². The zero-order chi connectivity index (χ0) is 81.3. The number of esters is 4. The van der Waals surface area contributed by atoms with Crippen LogP contribution in [0.3, 0.4) is 0 Å². The van der Waals surface area contributed by atoms with E-state index in [0.717, 1.165) is 102 Å². The molecule has 0 aromatic carbocycles. The molecule has 3 N–H and O–H groups in total. The Morgan fingerprint density at radius 2 is 0.414 bits per heavy atom. The van der Waals surface area contributed by atoms with E-state index < -0.39 is 97.5 Å². The average molecular weight is 1620 g/mol. The van der Waals surface area contributed by atoms with Gasteiger partial charge in [0.05, 0.1) is 26.4 Å². The molecular weight excluding hydrogens is 1440 g/mol. The van der Waals surface area contributed by atoms with E-state index in [2.05, 4.69) is 41.5 Å². The first kappa shape index (κ1) is 109. The average Bonchev–Trinajstić information content (AvgIpc) is 0.901. The van der Waals surface area contributed by atoms with Crippen molar-refractivity contribution in [1.82, 2.24) is 0 Å². The van der Waals surface area contributed by atoms with Crippen LogP contribution >= 0.6 is 15.6 Å². The summed E-state index contributed by atoms with van der Waals surface area (Å²) in [6.45, 7) is 9.77. The molecule has 0 aromatic heterocycles. The molecule has 0 amide bonds. The highest BCUT2D eigenvalue weighted by Gasteiger charge is 2.31. The van der Waals surface area contributed by atoms with Crippen LogP contribution in [0, 0.1) is 11.8 Å². The maximum Gasteiger partial charge on any atom is 0.472 e. The minimum atomic E-state index is -4.97. The van der Waals surface area contributed by atoms with Gasteiger partial charge in [0, 0.05) is 25.7 Å². The molecule has 19 heteroatoms. The quantitative estimate of drug-likeness (QED) is 0.0222. The third kappa shape index (κ3) is 85.8. The van der Waals surface area contributed by atoms with E-state index in [1.54, 1.807) is 0 Å². The largest absolute Gasteiger partial charge is 0.472 e. The van der Waals surface area contributed by atoms with Gasteiger partial charge in [0.1, 0.15) is 19.3 Å². The molecule has 0 aliphatic heterocycles. The lowest BCUT2D eigenvalue weighted by Crippen LogP contribution is -2.30. The van der Waals surface area contributed by atoms with Crippen molar-refractivity contribution in [3.8, 4) is 0 Å². The molecule has 660 valence electrons. The van der Waals surface area contributed by atoms with Crippen LogP contribution in [0.4, 0.5) is 0 Å². The van der Waals surface area contributed by atoms with Crippen LogP contribution in [0.25, 0.3) is 0 Å². The third-order valence-corrected chi connectivity index (χ3v) is 23.6. The van der Waals surface area contributed by atoms with Crippen molar-refractivity contribution in [1.29, 1.82) is 0 Å². The number of aliphatic hydroxyl groups excluding tert-OH is 1. The van der Waals surface area contributed by atoms with Crippen molar-refractivity contribution >= 4 is 39.5 Å². The van der Waals surface area contributed by atoms with E-state index in [1.807, 2.05) is 0 Å². The zero-order valence-electron chi connectivity index (χ0n) is 73.3. The van der Waals surface area contributed by atoms with Crippen molar-refractivity contribution < 1.29 is 80.2 Å². The van der Waals surface area contributed by atoms with Crippen LogP contribution in [0.15, 0.2) is 0 Å². The predicted octanol–water partition coefficient (Wildman–Crippen LogP) is 28.6. The lowest BCUT2D eigenvalue weighted by Gasteiger charge is -2.21. The van der Waals surface area contributed by atoms with Crippen molar-refractivity contribution in [2.45, 2.75) is 516 Å². The van der Waals surface area contributed by atoms with Gasteiger partial charge in [0.15, 0.2) is 12.2 Å². The number of hydrogen-bond donors (Lipinski definition) is 3. The van der Waals surface area contributed by atoms with E-state index in [4.69, 9.17) is 37.0 Å². The molecule has 111 heavy (non-hydrogen) atoms. The Balaban J connectivity index is 5.24. The van der Waals surface area contributed by atoms with Crippen molar-refractivity contribution in [3.63, 3.8) is 0 Å². The zero-order valence-corrected chi connectivity index (χ0v) is 75.1. The number of aliphatic hydroxyl groups is 1. The van der Waals surface area contributed by atoms with Crippen LogP contribution in [-0.2, 0) is 65.4 Å². The van der Waals surface area contributed by atoms with Gasteiger partial charge in [-0.25, -0.2) is 9.13 Å². The molecular formula is C92H180O17P2. The SMILES string of the molecule is CCCCCCCCCCCCCCCCCCCCCCCCC(=O)O[C@H](COC(=O)CCCCCCCCCCCCCCCCCCC(C)C)COP(=O)(O)OC[C@@H](O)COP(=O)(O)OC[C@@H](COC(=O)CCCCCCCCCCCCCC)OC(=O)CCCCCCCCCCCCCCCCCC(C)C. The van der Waals surface area contributed by atoms with Gasteiger partial charge in [0.2, 0.25) is 0 Å². The molecule has 0 rings (SSSR count). The first-order chi connectivity index (χ1) is 53.9. The highest BCUT2D eigenvalue weighted by Crippen LogP contribution is 2.45. The number of phosphoric acid groups is 2. The second-order valence-corrected chi connectivity index (χ2v) is 36.9. The maximum absolute atomic E-state index is 13.2. The van der Waals surface area contributed by atoms with Crippen LogP contribution in [0.2, 0.25) is 0 Å². The van der Waals surface area contributed by atoms with Gasteiger partial charge in [-0.2, -0.15) is 0 Å². The summed E-state index contributed by atoms with van der Waals surface area (Å²) in [5, 5.41) is 10.7. The second kappa shape index (κ2) is 83.1. The van der Waals surface area contributed by atoms with Gasteiger partial charge in [-0.1, -0.05) is 446 Å². The van der Waals surface area contributed by atoms with Crippen molar-refractivity contribution in [3.05, 3.63) is 0 Å². The molecule has 0 saturated carbocycles. The fourth-order valence-electron chi connectivity index (χ4n) is 14.5. The molecule has 0 heterocycles. The molecule has 0 spiro atoms. The Labute approximate surface area is 683 Å². The minimum absolute atomic E-state index is 0.108. The summed E-state index contributed by atoms with van der Waals surface area (Å²) < 4.78 is 69.1. The van der Waals surface area contributed by atoms with Crippen LogP contribution in [0.1, 0.15) is 497 Å². The lowest BCUT2D eigenvalue weighted by molar-refractivity contribution is -0.161. The molecule has 0 radical (unpaired) electrons. The molecule has 0 saturated heterocycles. The van der Waals surface area contributed by atoms with Gasteiger partial charge in [-0.05, 0) is 37.5 Å². The highest BCUT2D eigenvalue weighted by molar-refractivity contribution is 7.47. The molecule has 0 aliphatic rings.